The van der Waals surface area contributed by atoms with Crippen LogP contribution in [0.1, 0.15) is 95.2 Å². The average Bonchev–Trinajstić information content (AvgIpc) is 3.59. The molecule has 0 aliphatic carbocycles. The van der Waals surface area contributed by atoms with Gasteiger partial charge in [0.1, 0.15) is 11.2 Å². The van der Waals surface area contributed by atoms with Crippen molar-refractivity contribution in [1.29, 1.82) is 0 Å². The Bertz CT molecular complexity index is 1350. The van der Waals surface area contributed by atoms with Crippen molar-refractivity contribution in [1.82, 2.24) is 19.7 Å². The van der Waals surface area contributed by atoms with Crippen molar-refractivity contribution < 1.29 is 9.53 Å². The maximum atomic E-state index is 13.4. The van der Waals surface area contributed by atoms with Gasteiger partial charge in [0.05, 0.1) is 6.61 Å². The molecule has 2 aromatic carbocycles. The molecule has 1 amide bonds. The molecule has 2 aliphatic heterocycles. The Morgan fingerprint density at radius 2 is 1.53 bits per heavy atom. The van der Waals surface area contributed by atoms with Gasteiger partial charge in [-0.2, -0.15) is 0 Å². The van der Waals surface area contributed by atoms with Gasteiger partial charge in [0.25, 0.3) is 0 Å². The van der Waals surface area contributed by atoms with Crippen molar-refractivity contribution >= 4 is 5.91 Å². The summed E-state index contributed by atoms with van der Waals surface area (Å²) < 4.78 is 5.99. The molecular formula is C42H61N5O2. The number of likely N-dealkylation sites (tertiary alicyclic amines) is 2. The fourth-order valence-corrected chi connectivity index (χ4v) is 8.47. The van der Waals surface area contributed by atoms with E-state index in [2.05, 4.69) is 64.7 Å². The summed E-state index contributed by atoms with van der Waals surface area (Å²) in [6, 6.07) is 23.7. The Kier molecular flexibility index (Phi) is 14.1. The fraction of sp³-hybridized carbons (Fsp3) is 0.571. The van der Waals surface area contributed by atoms with Crippen LogP contribution in [0, 0.1) is 5.92 Å². The van der Waals surface area contributed by atoms with Crippen molar-refractivity contribution in [3.63, 3.8) is 0 Å². The van der Waals surface area contributed by atoms with Crippen LogP contribution in [-0.2, 0) is 16.8 Å². The molecular weight excluding hydrogens is 606 g/mol. The molecule has 1 aromatic heterocycles. The monoisotopic (exact) mass is 667 g/mol. The number of hydrogen-bond donors (Lipinski definition) is 1. The van der Waals surface area contributed by atoms with Gasteiger partial charge >= 0.3 is 0 Å². The summed E-state index contributed by atoms with van der Waals surface area (Å²) in [6.45, 7) is 15.0. The number of piperidine rings is 1. The number of nitrogens with zero attached hydrogens (tertiary/aromatic N) is 4. The lowest BCUT2D eigenvalue weighted by Gasteiger charge is -2.40. The van der Waals surface area contributed by atoms with Crippen LogP contribution < -0.4 is 10.5 Å². The Morgan fingerprint density at radius 3 is 2.16 bits per heavy atom. The van der Waals surface area contributed by atoms with Crippen LogP contribution in [0.15, 0.2) is 79.1 Å². The molecule has 0 bridgehead atoms. The molecule has 2 N–H and O–H groups in total. The van der Waals surface area contributed by atoms with E-state index < -0.39 is 5.41 Å². The second kappa shape index (κ2) is 18.7. The summed E-state index contributed by atoms with van der Waals surface area (Å²) >= 11 is 0. The third-order valence-electron chi connectivity index (χ3n) is 11.0. The van der Waals surface area contributed by atoms with Gasteiger partial charge in [-0.1, -0.05) is 86.8 Å². The Balaban J connectivity index is 1.03. The summed E-state index contributed by atoms with van der Waals surface area (Å²) in [7, 11) is 0. The molecule has 0 saturated carbocycles. The molecule has 2 aliphatic rings. The molecule has 7 nitrogen and oxygen atoms in total. The largest absolute Gasteiger partial charge is 0.493 e. The molecule has 0 spiro atoms. The van der Waals surface area contributed by atoms with Gasteiger partial charge in [0.15, 0.2) is 0 Å². The minimum Gasteiger partial charge on any atom is -0.493 e. The van der Waals surface area contributed by atoms with Gasteiger partial charge in [0, 0.05) is 43.1 Å². The average molecular weight is 668 g/mol. The number of ether oxygens (including phenoxy) is 1. The number of primary amides is 1. The molecule has 266 valence electrons. The summed E-state index contributed by atoms with van der Waals surface area (Å²) in [5.41, 5.74) is 8.73. The van der Waals surface area contributed by atoms with E-state index in [9.17, 15) is 4.79 Å². The molecule has 7 heteroatoms. The molecule has 2 saturated heterocycles. The van der Waals surface area contributed by atoms with Crippen LogP contribution in [0.3, 0.4) is 0 Å². The number of benzene rings is 2. The highest BCUT2D eigenvalue weighted by molar-refractivity contribution is 5.91. The molecule has 0 unspecified atom stereocenters. The van der Waals surface area contributed by atoms with Crippen LogP contribution in [0.2, 0.25) is 0 Å². The number of aromatic nitrogens is 1. The number of rotatable bonds is 19. The molecule has 3 aromatic rings. The zero-order chi connectivity index (χ0) is 34.5. The van der Waals surface area contributed by atoms with E-state index in [-0.39, 0.29) is 11.8 Å². The maximum Gasteiger partial charge on any atom is 0.232 e. The third-order valence-corrected chi connectivity index (χ3v) is 11.0. The van der Waals surface area contributed by atoms with Crippen LogP contribution in [0.5, 0.6) is 5.75 Å². The quantitative estimate of drug-likeness (QED) is 0.135. The molecule has 1 atom stereocenters. The predicted molar refractivity (Wildman–Crippen MR) is 201 cm³/mol. The molecule has 5 rings (SSSR count). The second-order valence-electron chi connectivity index (χ2n) is 14.6. The number of nitrogens with two attached hydrogens (primary N) is 1. The lowest BCUT2D eigenvalue weighted by molar-refractivity contribution is -0.123. The van der Waals surface area contributed by atoms with Crippen LogP contribution in [0.4, 0.5) is 0 Å². The van der Waals surface area contributed by atoms with Crippen LogP contribution in [-0.4, -0.2) is 83.5 Å². The number of amides is 1. The van der Waals surface area contributed by atoms with E-state index in [4.69, 9.17) is 10.5 Å². The second-order valence-corrected chi connectivity index (χ2v) is 14.6. The van der Waals surface area contributed by atoms with Gasteiger partial charge in [-0.3, -0.25) is 19.6 Å². The smallest absolute Gasteiger partial charge is 0.232 e. The first-order valence-electron chi connectivity index (χ1n) is 19.1. The van der Waals surface area contributed by atoms with E-state index in [1.807, 2.05) is 54.9 Å². The summed E-state index contributed by atoms with van der Waals surface area (Å²) in [5, 5.41) is 0. The number of unbranched alkanes of at least 4 members (excludes halogenated alkanes) is 4. The first kappa shape index (κ1) is 37.0. The SMILES string of the molecule is CCCOc1ccncc1CN1CCC(N(CCCCCCCN2CC[C@@H](C(C(N)=O)(c3ccccc3)c3ccccc3)C2)C(C)C)CC1. The molecule has 2 fully saturated rings. The predicted octanol–water partition coefficient (Wildman–Crippen LogP) is 7.29. The summed E-state index contributed by atoms with van der Waals surface area (Å²) in [6.07, 6.45) is 14.6. The van der Waals surface area contributed by atoms with Gasteiger partial charge in [-0.25, -0.2) is 0 Å². The molecule has 49 heavy (non-hydrogen) atoms. The van der Waals surface area contributed by atoms with Crippen LogP contribution in [0.25, 0.3) is 0 Å². The lowest BCUT2D eigenvalue weighted by Crippen LogP contribution is -2.49. The number of carbonyl (C=O) groups excluding carboxylic acids is 1. The van der Waals surface area contributed by atoms with Crippen molar-refractivity contribution in [2.24, 2.45) is 11.7 Å². The van der Waals surface area contributed by atoms with E-state index in [1.165, 1.54) is 57.1 Å². The third kappa shape index (κ3) is 9.50. The van der Waals surface area contributed by atoms with E-state index in [1.54, 1.807) is 0 Å². The van der Waals surface area contributed by atoms with Crippen molar-refractivity contribution in [3.05, 3.63) is 95.8 Å². The number of carbonyl (C=O) groups is 1. The van der Waals surface area contributed by atoms with E-state index >= 15 is 0 Å². The van der Waals surface area contributed by atoms with Gasteiger partial charge < -0.3 is 15.4 Å². The van der Waals surface area contributed by atoms with Crippen molar-refractivity contribution in [3.8, 4) is 5.75 Å². The maximum absolute atomic E-state index is 13.4. The van der Waals surface area contributed by atoms with Crippen molar-refractivity contribution in [2.45, 2.75) is 103 Å². The Morgan fingerprint density at radius 1 is 0.898 bits per heavy atom. The zero-order valence-corrected chi connectivity index (χ0v) is 30.4. The lowest BCUT2D eigenvalue weighted by atomic mass is 9.64. The first-order valence-corrected chi connectivity index (χ1v) is 19.1. The highest BCUT2D eigenvalue weighted by Crippen LogP contribution is 2.43. The number of pyridine rings is 1. The highest BCUT2D eigenvalue weighted by Gasteiger charge is 2.49. The Hall–Kier alpha value is -3.26. The van der Waals surface area contributed by atoms with Gasteiger partial charge in [-0.15, -0.1) is 0 Å². The fourth-order valence-electron chi connectivity index (χ4n) is 8.47. The number of hydrogen-bond acceptors (Lipinski definition) is 6. The Labute approximate surface area is 296 Å². The summed E-state index contributed by atoms with van der Waals surface area (Å²) in [5.74, 6) is 0.911. The molecule has 3 heterocycles. The van der Waals surface area contributed by atoms with E-state index in [0.717, 1.165) is 75.6 Å². The first-order chi connectivity index (χ1) is 23.9. The van der Waals surface area contributed by atoms with Crippen LogP contribution >= 0.6 is 0 Å². The summed E-state index contributed by atoms with van der Waals surface area (Å²) in [4.78, 5) is 25.7. The topological polar surface area (TPSA) is 74.9 Å². The molecule has 0 radical (unpaired) electrons. The normalized spacial score (nSPS) is 18.0. The van der Waals surface area contributed by atoms with E-state index in [0.29, 0.717) is 12.1 Å². The minimum atomic E-state index is -0.803. The van der Waals surface area contributed by atoms with Gasteiger partial charge in [0.2, 0.25) is 5.91 Å². The minimum absolute atomic E-state index is 0.163. The zero-order valence-electron chi connectivity index (χ0n) is 30.4. The van der Waals surface area contributed by atoms with Crippen molar-refractivity contribution in [2.75, 3.05) is 45.9 Å². The highest BCUT2D eigenvalue weighted by atomic mass is 16.5. The standard InChI is InChI=1S/C42H61N5O2/c1-4-30-49-40-20-24-44-31-35(40)32-46-28-22-39(23-29-46)47(34(2)3)26-15-7-5-6-14-25-45-27-21-38(33-45)42(41(43)48,36-16-10-8-11-17-36)37-18-12-9-13-19-37/h8-13,16-20,24,31,34,38-39H,4-7,14-15,21-23,25-30,32-33H2,1-3H3,(H2,43,48)/t38-/m1/s1. The van der Waals surface area contributed by atoms with Gasteiger partial charge in [-0.05, 0) is 108 Å².